The molecule has 0 bridgehead atoms. The molecule has 0 aromatic carbocycles. The molecule has 0 radical (unpaired) electrons. The number of carbonyl (C=O) groups is 1. The van der Waals surface area contributed by atoms with E-state index in [0.717, 1.165) is 6.20 Å². The maximum atomic E-state index is 13.3. The largest absolute Gasteiger partial charge is 0.480 e. The first-order valence-corrected chi connectivity index (χ1v) is 4.74. The molecule has 5 nitrogen and oxygen atoms in total. The fraction of sp³-hybridized carbons (Fsp3) is 0.0909. The second-order valence-corrected chi connectivity index (χ2v) is 3.15. The van der Waals surface area contributed by atoms with Gasteiger partial charge in [0.1, 0.15) is 5.69 Å². The van der Waals surface area contributed by atoms with Gasteiger partial charge in [-0.25, -0.2) is 4.39 Å². The van der Waals surface area contributed by atoms with Crippen LogP contribution in [0.3, 0.4) is 0 Å². The molecule has 0 unspecified atom stereocenters. The Labute approximate surface area is 96.3 Å². The van der Waals surface area contributed by atoms with Gasteiger partial charge in [-0.15, -0.1) is 10.2 Å². The Bertz CT molecular complexity index is 543. The third kappa shape index (κ3) is 2.25. The van der Waals surface area contributed by atoms with Crippen molar-refractivity contribution in [2.24, 2.45) is 0 Å². The number of hydrogen-bond donors (Lipinski definition) is 0. The summed E-state index contributed by atoms with van der Waals surface area (Å²) in [6, 6.07) is 4.21. The number of ketones is 1. The van der Waals surface area contributed by atoms with E-state index in [2.05, 4.69) is 15.2 Å². The van der Waals surface area contributed by atoms with E-state index in [1.54, 1.807) is 0 Å². The molecule has 2 aromatic heterocycles. The summed E-state index contributed by atoms with van der Waals surface area (Å²) in [4.78, 5) is 15.4. The minimum Gasteiger partial charge on any atom is -0.480 e. The Hall–Kier alpha value is -2.37. The predicted molar refractivity (Wildman–Crippen MR) is 56.2 cm³/mol. The Balaban J connectivity index is 2.34. The third-order valence-electron chi connectivity index (χ3n) is 2.10. The predicted octanol–water partition coefficient (Wildman–Crippen LogP) is 1.25. The maximum absolute atomic E-state index is 13.3. The molecule has 0 aliphatic carbocycles. The van der Waals surface area contributed by atoms with Crippen LogP contribution in [0, 0.1) is 5.82 Å². The molecule has 0 saturated heterocycles. The number of halogens is 1. The third-order valence-corrected chi connectivity index (χ3v) is 2.10. The second-order valence-electron chi connectivity index (χ2n) is 3.15. The van der Waals surface area contributed by atoms with Crippen molar-refractivity contribution in [3.05, 3.63) is 47.7 Å². The Morgan fingerprint density at radius 2 is 2.12 bits per heavy atom. The summed E-state index contributed by atoms with van der Waals surface area (Å²) in [5.41, 5.74) is -0.0321. The normalized spacial score (nSPS) is 10.0. The minimum atomic E-state index is -0.685. The topological polar surface area (TPSA) is 65.0 Å². The zero-order chi connectivity index (χ0) is 12.3. The van der Waals surface area contributed by atoms with Crippen LogP contribution in [0.15, 0.2) is 30.6 Å². The van der Waals surface area contributed by atoms with Gasteiger partial charge >= 0.3 is 0 Å². The highest BCUT2D eigenvalue weighted by Crippen LogP contribution is 2.11. The van der Waals surface area contributed by atoms with Crippen LogP contribution in [-0.4, -0.2) is 28.1 Å². The van der Waals surface area contributed by atoms with E-state index < -0.39 is 11.6 Å². The zero-order valence-corrected chi connectivity index (χ0v) is 8.92. The van der Waals surface area contributed by atoms with Crippen molar-refractivity contribution in [1.29, 1.82) is 0 Å². The summed E-state index contributed by atoms with van der Waals surface area (Å²) in [5, 5.41) is 7.30. The average molecular weight is 233 g/mol. The van der Waals surface area contributed by atoms with Crippen LogP contribution in [0.25, 0.3) is 0 Å². The quantitative estimate of drug-likeness (QED) is 0.746. The average Bonchev–Trinajstić information content (AvgIpc) is 2.39. The van der Waals surface area contributed by atoms with Crippen molar-refractivity contribution >= 4 is 5.78 Å². The summed E-state index contributed by atoms with van der Waals surface area (Å²) in [6.07, 6.45) is 2.32. The highest BCUT2D eigenvalue weighted by molar-refractivity contribution is 6.07. The smallest absolute Gasteiger partial charge is 0.233 e. The lowest BCUT2D eigenvalue weighted by atomic mass is 10.1. The number of ether oxygens (including phenoxy) is 1. The van der Waals surface area contributed by atoms with E-state index in [4.69, 9.17) is 4.74 Å². The van der Waals surface area contributed by atoms with Crippen molar-refractivity contribution in [2.75, 3.05) is 7.11 Å². The van der Waals surface area contributed by atoms with Gasteiger partial charge in [0.2, 0.25) is 11.7 Å². The van der Waals surface area contributed by atoms with Gasteiger partial charge in [0.25, 0.3) is 0 Å². The van der Waals surface area contributed by atoms with Crippen LogP contribution in [-0.2, 0) is 0 Å². The monoisotopic (exact) mass is 233 g/mol. The van der Waals surface area contributed by atoms with E-state index in [0.29, 0.717) is 0 Å². The maximum Gasteiger partial charge on any atom is 0.233 e. The molecule has 0 aliphatic heterocycles. The van der Waals surface area contributed by atoms with E-state index in [1.807, 2.05) is 0 Å². The van der Waals surface area contributed by atoms with Crippen LogP contribution in [0.5, 0.6) is 5.88 Å². The van der Waals surface area contributed by atoms with Gasteiger partial charge in [-0.1, -0.05) is 0 Å². The molecule has 17 heavy (non-hydrogen) atoms. The standard InChI is InChI=1S/C11H8FN3O2/c1-17-10-3-2-9(14-15-10)11(16)7-4-5-13-6-8(7)12/h2-6H,1H3. The lowest BCUT2D eigenvalue weighted by Gasteiger charge is -2.01. The van der Waals surface area contributed by atoms with Crippen molar-refractivity contribution in [2.45, 2.75) is 0 Å². The first kappa shape index (κ1) is 11.1. The summed E-state index contributed by atoms with van der Waals surface area (Å²) in [6.45, 7) is 0. The number of nitrogens with zero attached hydrogens (tertiary/aromatic N) is 3. The van der Waals surface area contributed by atoms with E-state index in [1.165, 1.54) is 31.5 Å². The first-order chi connectivity index (χ1) is 8.22. The molecule has 0 spiro atoms. The molecule has 0 saturated carbocycles. The molecule has 0 atom stereocenters. The van der Waals surface area contributed by atoms with Gasteiger partial charge in [0.15, 0.2) is 5.82 Å². The lowest BCUT2D eigenvalue weighted by molar-refractivity contribution is 0.102. The van der Waals surface area contributed by atoms with Gasteiger partial charge in [-0.3, -0.25) is 9.78 Å². The minimum absolute atomic E-state index is 0.0518. The zero-order valence-electron chi connectivity index (χ0n) is 8.92. The van der Waals surface area contributed by atoms with Gasteiger partial charge in [-0.05, 0) is 12.1 Å². The molecule has 86 valence electrons. The van der Waals surface area contributed by atoms with E-state index in [9.17, 15) is 9.18 Å². The van der Waals surface area contributed by atoms with Gasteiger partial charge in [-0.2, -0.15) is 0 Å². The highest BCUT2D eigenvalue weighted by atomic mass is 19.1. The van der Waals surface area contributed by atoms with E-state index in [-0.39, 0.29) is 17.1 Å². The Kier molecular flexibility index (Phi) is 3.04. The summed E-state index contributed by atoms with van der Waals surface area (Å²) in [5.74, 6) is -0.938. The van der Waals surface area contributed by atoms with E-state index >= 15 is 0 Å². The fourth-order valence-corrected chi connectivity index (χ4v) is 1.25. The Morgan fingerprint density at radius 1 is 1.29 bits per heavy atom. The van der Waals surface area contributed by atoms with Crippen molar-refractivity contribution < 1.29 is 13.9 Å². The van der Waals surface area contributed by atoms with Gasteiger partial charge < -0.3 is 4.74 Å². The molecular weight excluding hydrogens is 225 g/mol. The number of hydrogen-bond acceptors (Lipinski definition) is 5. The molecule has 2 rings (SSSR count). The number of aromatic nitrogens is 3. The summed E-state index contributed by atoms with van der Waals surface area (Å²) < 4.78 is 18.1. The van der Waals surface area contributed by atoms with Crippen LogP contribution >= 0.6 is 0 Å². The molecular formula is C11H8FN3O2. The first-order valence-electron chi connectivity index (χ1n) is 4.74. The number of methoxy groups -OCH3 is 1. The van der Waals surface area contributed by atoms with Crippen LogP contribution in [0.1, 0.15) is 16.1 Å². The summed E-state index contributed by atoms with van der Waals surface area (Å²) in [7, 11) is 1.44. The molecule has 6 heteroatoms. The number of carbonyl (C=O) groups excluding carboxylic acids is 1. The molecule has 2 aromatic rings. The van der Waals surface area contributed by atoms with Crippen molar-refractivity contribution in [3.8, 4) is 5.88 Å². The van der Waals surface area contributed by atoms with Crippen LogP contribution in [0.4, 0.5) is 4.39 Å². The highest BCUT2D eigenvalue weighted by Gasteiger charge is 2.15. The Morgan fingerprint density at radius 3 is 2.71 bits per heavy atom. The molecule has 0 fully saturated rings. The molecule has 2 heterocycles. The molecule has 0 N–H and O–H groups in total. The van der Waals surface area contributed by atoms with Crippen LogP contribution < -0.4 is 4.74 Å². The second kappa shape index (κ2) is 4.65. The molecule has 0 aliphatic rings. The van der Waals surface area contributed by atoms with Crippen molar-refractivity contribution in [3.63, 3.8) is 0 Å². The van der Waals surface area contributed by atoms with Gasteiger partial charge in [0.05, 0.1) is 18.9 Å². The van der Waals surface area contributed by atoms with Gasteiger partial charge in [0, 0.05) is 12.3 Å². The SMILES string of the molecule is COc1ccc(C(=O)c2ccncc2F)nn1. The number of rotatable bonds is 3. The fourth-order valence-electron chi connectivity index (χ4n) is 1.25. The van der Waals surface area contributed by atoms with Crippen molar-refractivity contribution in [1.82, 2.24) is 15.2 Å². The summed E-state index contributed by atoms with van der Waals surface area (Å²) >= 11 is 0. The lowest BCUT2D eigenvalue weighted by Crippen LogP contribution is -2.08. The van der Waals surface area contributed by atoms with Crippen LogP contribution in [0.2, 0.25) is 0 Å². The molecule has 0 amide bonds. The number of pyridine rings is 1.